The van der Waals surface area contributed by atoms with Crippen LogP contribution >= 0.6 is 0 Å². The second kappa shape index (κ2) is 5.36. The van der Waals surface area contributed by atoms with E-state index in [4.69, 9.17) is 0 Å². The molecule has 2 aromatic rings. The Bertz CT molecular complexity index is 726. The normalized spacial score (nSPS) is 13.7. The lowest BCUT2D eigenvalue weighted by Crippen LogP contribution is -2.28. The molecule has 0 nitrogen and oxygen atoms in total. The summed E-state index contributed by atoms with van der Waals surface area (Å²) in [6, 6.07) is 9.16. The molecule has 0 aliphatic rings. The van der Waals surface area contributed by atoms with E-state index in [2.05, 4.69) is 93.5 Å². The van der Waals surface area contributed by atoms with E-state index in [0.29, 0.717) is 0 Å². The van der Waals surface area contributed by atoms with Gasteiger partial charge in [-0.25, -0.2) is 0 Å². The maximum absolute atomic E-state index is 2.44. The van der Waals surface area contributed by atoms with Gasteiger partial charge in [-0.05, 0) is 56.2 Å². The summed E-state index contributed by atoms with van der Waals surface area (Å²) in [6.07, 6.45) is 0. The lowest BCUT2D eigenvalue weighted by molar-refractivity contribution is 0.501. The smallest absolute Gasteiger partial charge is 0.0114 e. The number of fused-ring (bicyclic) bond motifs is 1. The van der Waals surface area contributed by atoms with Crippen LogP contribution in [-0.2, 0) is 16.2 Å². The van der Waals surface area contributed by atoms with Gasteiger partial charge in [-0.3, -0.25) is 0 Å². The quantitative estimate of drug-likeness (QED) is 0.489. The lowest BCUT2D eigenvalue weighted by atomic mass is 9.67. The van der Waals surface area contributed by atoms with Crippen LogP contribution in [0.25, 0.3) is 10.8 Å². The van der Waals surface area contributed by atoms with Crippen molar-refractivity contribution in [2.45, 2.75) is 85.5 Å². The van der Waals surface area contributed by atoms with Crippen molar-refractivity contribution in [1.82, 2.24) is 0 Å². The average Bonchev–Trinajstić information content (AvgIpc) is 2.33. The van der Waals surface area contributed by atoms with Gasteiger partial charge in [0.1, 0.15) is 0 Å². The van der Waals surface area contributed by atoms with E-state index in [1.54, 1.807) is 5.56 Å². The van der Waals surface area contributed by atoms with Crippen molar-refractivity contribution in [1.29, 1.82) is 0 Å². The van der Waals surface area contributed by atoms with Gasteiger partial charge in [-0.1, -0.05) is 86.6 Å². The standard InChI is InChI=1S/C23H34/c1-15-12-11-13-16-14-17(21(2,3)4)19(22(5,6)7)20(18(15)16)23(8,9)10/h11-14H,1-10H3. The molecule has 0 amide bonds. The molecule has 0 spiro atoms. The third kappa shape index (κ3) is 3.32. The molecule has 0 heterocycles. The van der Waals surface area contributed by atoms with Gasteiger partial charge in [-0.2, -0.15) is 0 Å². The molecule has 0 bridgehead atoms. The highest BCUT2D eigenvalue weighted by molar-refractivity contribution is 5.92. The Labute approximate surface area is 143 Å². The molecule has 2 rings (SSSR count). The maximum atomic E-state index is 2.44. The van der Waals surface area contributed by atoms with Gasteiger partial charge >= 0.3 is 0 Å². The molecule has 0 radical (unpaired) electrons. The first-order valence-electron chi connectivity index (χ1n) is 8.82. The van der Waals surface area contributed by atoms with Crippen LogP contribution in [0.1, 0.15) is 84.6 Å². The summed E-state index contributed by atoms with van der Waals surface area (Å²) in [7, 11) is 0. The Morgan fingerprint density at radius 2 is 1.17 bits per heavy atom. The van der Waals surface area contributed by atoms with Crippen LogP contribution in [0.4, 0.5) is 0 Å². The van der Waals surface area contributed by atoms with Crippen LogP contribution in [0.15, 0.2) is 24.3 Å². The molecular formula is C23H34. The van der Waals surface area contributed by atoms with Crippen LogP contribution in [0.3, 0.4) is 0 Å². The lowest BCUT2D eigenvalue weighted by Gasteiger charge is -2.38. The summed E-state index contributed by atoms with van der Waals surface area (Å²) in [5.74, 6) is 0. The molecular weight excluding hydrogens is 276 g/mol. The van der Waals surface area contributed by atoms with Crippen molar-refractivity contribution >= 4 is 10.8 Å². The van der Waals surface area contributed by atoms with Gasteiger partial charge in [0, 0.05) is 0 Å². The number of hydrogen-bond donors (Lipinski definition) is 0. The second-order valence-electron chi connectivity index (χ2n) is 10.1. The molecule has 2 aromatic carbocycles. The number of aryl methyl sites for hydroxylation is 1. The zero-order valence-corrected chi connectivity index (χ0v) is 16.8. The van der Waals surface area contributed by atoms with E-state index in [-0.39, 0.29) is 16.2 Å². The molecule has 0 saturated carbocycles. The van der Waals surface area contributed by atoms with Crippen molar-refractivity contribution in [2.24, 2.45) is 0 Å². The summed E-state index contributed by atoms with van der Waals surface area (Å²) < 4.78 is 0. The Balaban J connectivity index is 3.17. The van der Waals surface area contributed by atoms with Gasteiger partial charge in [0.2, 0.25) is 0 Å². The summed E-state index contributed by atoms with van der Waals surface area (Å²) in [5.41, 5.74) is 6.34. The van der Waals surface area contributed by atoms with Gasteiger partial charge in [0.25, 0.3) is 0 Å². The molecule has 0 atom stereocenters. The highest BCUT2D eigenvalue weighted by Gasteiger charge is 2.33. The van der Waals surface area contributed by atoms with Crippen LogP contribution < -0.4 is 0 Å². The van der Waals surface area contributed by atoms with E-state index in [9.17, 15) is 0 Å². The second-order valence-corrected chi connectivity index (χ2v) is 10.1. The Morgan fingerprint density at radius 1 is 0.652 bits per heavy atom. The fourth-order valence-electron chi connectivity index (χ4n) is 3.76. The fraction of sp³-hybridized carbons (Fsp3) is 0.565. The van der Waals surface area contributed by atoms with Crippen molar-refractivity contribution < 1.29 is 0 Å². The molecule has 0 unspecified atom stereocenters. The van der Waals surface area contributed by atoms with Crippen LogP contribution in [0, 0.1) is 6.92 Å². The Hall–Kier alpha value is -1.30. The third-order valence-corrected chi connectivity index (χ3v) is 4.68. The highest BCUT2D eigenvalue weighted by atomic mass is 14.4. The molecule has 23 heavy (non-hydrogen) atoms. The molecule has 0 aromatic heterocycles. The van der Waals surface area contributed by atoms with Crippen LogP contribution in [0.2, 0.25) is 0 Å². The van der Waals surface area contributed by atoms with Crippen molar-refractivity contribution in [3.63, 3.8) is 0 Å². The van der Waals surface area contributed by atoms with Gasteiger partial charge < -0.3 is 0 Å². The van der Waals surface area contributed by atoms with Gasteiger partial charge in [-0.15, -0.1) is 0 Å². The SMILES string of the molecule is Cc1cccc2cc(C(C)(C)C)c(C(C)(C)C)c(C(C)(C)C)c12. The maximum Gasteiger partial charge on any atom is -0.0114 e. The van der Waals surface area contributed by atoms with Gasteiger partial charge in [0.15, 0.2) is 0 Å². The first-order valence-corrected chi connectivity index (χ1v) is 8.82. The van der Waals surface area contributed by atoms with Crippen LogP contribution in [-0.4, -0.2) is 0 Å². The first-order chi connectivity index (χ1) is 10.2. The summed E-state index contributed by atoms with van der Waals surface area (Å²) in [4.78, 5) is 0. The first kappa shape index (κ1) is 18.0. The molecule has 0 saturated heterocycles. The van der Waals surface area contributed by atoms with E-state index < -0.39 is 0 Å². The average molecular weight is 311 g/mol. The Morgan fingerprint density at radius 3 is 1.61 bits per heavy atom. The molecule has 0 fully saturated rings. The van der Waals surface area contributed by atoms with Crippen molar-refractivity contribution in [3.05, 3.63) is 46.5 Å². The molecule has 0 aliphatic carbocycles. The summed E-state index contributed by atoms with van der Waals surface area (Å²) in [6.45, 7) is 23.4. The fourth-order valence-corrected chi connectivity index (χ4v) is 3.76. The topological polar surface area (TPSA) is 0 Å². The minimum atomic E-state index is 0.119. The van der Waals surface area contributed by atoms with E-state index in [1.165, 1.54) is 27.5 Å². The number of rotatable bonds is 0. The van der Waals surface area contributed by atoms with E-state index in [0.717, 1.165) is 0 Å². The zero-order chi connectivity index (χ0) is 17.8. The molecule has 0 heteroatoms. The molecule has 126 valence electrons. The monoisotopic (exact) mass is 310 g/mol. The van der Waals surface area contributed by atoms with Crippen molar-refractivity contribution in [2.75, 3.05) is 0 Å². The minimum absolute atomic E-state index is 0.119. The van der Waals surface area contributed by atoms with Gasteiger partial charge in [0.05, 0.1) is 0 Å². The largest absolute Gasteiger partial charge is 0.0614 e. The van der Waals surface area contributed by atoms with Crippen molar-refractivity contribution in [3.8, 4) is 0 Å². The highest BCUT2D eigenvalue weighted by Crippen LogP contribution is 2.45. The zero-order valence-electron chi connectivity index (χ0n) is 16.8. The van der Waals surface area contributed by atoms with Crippen LogP contribution in [0.5, 0.6) is 0 Å². The minimum Gasteiger partial charge on any atom is -0.0614 e. The molecule has 0 aliphatic heterocycles. The molecule has 0 N–H and O–H groups in total. The Kier molecular flexibility index (Phi) is 4.21. The summed E-state index contributed by atoms with van der Waals surface area (Å²) in [5, 5.41) is 2.84. The predicted octanol–water partition coefficient (Wildman–Crippen LogP) is 7.04. The number of hydrogen-bond acceptors (Lipinski definition) is 0. The number of benzene rings is 2. The summed E-state index contributed by atoms with van der Waals surface area (Å²) >= 11 is 0. The predicted molar refractivity (Wildman–Crippen MR) is 105 cm³/mol. The van der Waals surface area contributed by atoms with E-state index in [1.807, 2.05) is 0 Å². The third-order valence-electron chi connectivity index (χ3n) is 4.68. The van der Waals surface area contributed by atoms with E-state index >= 15 is 0 Å².